The summed E-state index contributed by atoms with van der Waals surface area (Å²) in [4.78, 5) is 16.4. The van der Waals surface area contributed by atoms with Crippen LogP contribution in [0.5, 0.6) is 0 Å². The highest BCUT2D eigenvalue weighted by molar-refractivity contribution is 5.68. The Bertz CT molecular complexity index is 392. The van der Waals surface area contributed by atoms with E-state index in [1.807, 2.05) is 25.7 Å². The van der Waals surface area contributed by atoms with Gasteiger partial charge in [-0.05, 0) is 52.9 Å². The van der Waals surface area contributed by atoms with E-state index in [1.165, 1.54) is 24.8 Å². The molecule has 1 saturated carbocycles. The van der Waals surface area contributed by atoms with E-state index in [2.05, 4.69) is 18.4 Å². The van der Waals surface area contributed by atoms with Crippen molar-refractivity contribution in [2.45, 2.75) is 58.6 Å². The summed E-state index contributed by atoms with van der Waals surface area (Å²) in [6, 6.07) is 0.674. The number of allylic oxidation sites excluding steroid dienone is 1. The molecule has 0 radical (unpaired) electrons. The molecule has 1 saturated heterocycles. The van der Waals surface area contributed by atoms with Gasteiger partial charge in [0.15, 0.2) is 0 Å². The van der Waals surface area contributed by atoms with E-state index in [0.29, 0.717) is 12.0 Å². The Morgan fingerprint density at radius 1 is 1.14 bits per heavy atom. The Hall–Kier alpha value is -1.03. The summed E-state index contributed by atoms with van der Waals surface area (Å²) in [5, 5.41) is 0. The van der Waals surface area contributed by atoms with Crippen LogP contribution in [0, 0.1) is 5.92 Å². The maximum atomic E-state index is 12.1. The van der Waals surface area contributed by atoms with Crippen LogP contribution in [-0.2, 0) is 4.74 Å². The zero-order chi connectivity index (χ0) is 15.6. The summed E-state index contributed by atoms with van der Waals surface area (Å²) in [5.74, 6) is 0.693. The molecule has 0 N–H and O–H groups in total. The van der Waals surface area contributed by atoms with Crippen LogP contribution in [0.15, 0.2) is 12.2 Å². The molecule has 1 heterocycles. The number of carbonyl (C=O) groups excluding carboxylic acids is 1. The first kappa shape index (κ1) is 16.3. The monoisotopic (exact) mass is 294 g/mol. The van der Waals surface area contributed by atoms with Crippen molar-refractivity contribution in [3.8, 4) is 0 Å². The lowest BCUT2D eigenvalue weighted by Crippen LogP contribution is -2.52. The van der Waals surface area contributed by atoms with Crippen molar-refractivity contribution >= 4 is 6.09 Å². The van der Waals surface area contributed by atoms with E-state index in [0.717, 1.165) is 26.2 Å². The third-order valence-corrected chi connectivity index (χ3v) is 4.58. The van der Waals surface area contributed by atoms with Gasteiger partial charge < -0.3 is 9.64 Å². The van der Waals surface area contributed by atoms with Crippen LogP contribution in [0.3, 0.4) is 0 Å². The van der Waals surface area contributed by atoms with Crippen LogP contribution in [0.25, 0.3) is 0 Å². The van der Waals surface area contributed by atoms with Crippen molar-refractivity contribution in [2.24, 2.45) is 5.92 Å². The first-order valence-electron chi connectivity index (χ1n) is 8.13. The average Bonchev–Trinajstić information content (AvgIpc) is 2.86. The average molecular weight is 294 g/mol. The number of hydrogen-bond donors (Lipinski definition) is 0. The van der Waals surface area contributed by atoms with Crippen molar-refractivity contribution in [1.82, 2.24) is 9.80 Å². The Kier molecular flexibility index (Phi) is 4.97. The molecule has 2 fully saturated rings. The summed E-state index contributed by atoms with van der Waals surface area (Å²) >= 11 is 0. The zero-order valence-corrected chi connectivity index (χ0v) is 14.0. The van der Waals surface area contributed by atoms with E-state index < -0.39 is 5.60 Å². The standard InChI is InChI=1S/C17H30N2O2/c1-13(2)14-6-7-15(12-14)18-8-10-19(11-9-18)16(20)21-17(3,4)5/h14-15H,1,6-12H2,2-5H3/t14-,15-/m1/s1. The van der Waals surface area contributed by atoms with E-state index in [9.17, 15) is 4.79 Å². The van der Waals surface area contributed by atoms with E-state index in [1.54, 1.807) is 0 Å². The fraction of sp³-hybridized carbons (Fsp3) is 0.824. The molecule has 4 nitrogen and oxygen atoms in total. The molecule has 1 aliphatic carbocycles. The predicted molar refractivity (Wildman–Crippen MR) is 85.3 cm³/mol. The third-order valence-electron chi connectivity index (χ3n) is 4.58. The van der Waals surface area contributed by atoms with Gasteiger partial charge in [0.05, 0.1) is 0 Å². The fourth-order valence-corrected chi connectivity index (χ4v) is 3.33. The SMILES string of the molecule is C=C(C)[C@@H]1CC[C@@H](N2CCN(C(=O)OC(C)(C)C)CC2)C1. The van der Waals surface area contributed by atoms with Gasteiger partial charge in [0.25, 0.3) is 0 Å². The van der Waals surface area contributed by atoms with Crippen LogP contribution in [0.1, 0.15) is 47.0 Å². The van der Waals surface area contributed by atoms with Gasteiger partial charge in [-0.1, -0.05) is 12.2 Å². The molecular weight excluding hydrogens is 264 g/mol. The largest absolute Gasteiger partial charge is 0.444 e. The lowest BCUT2D eigenvalue weighted by molar-refractivity contribution is 0.0105. The first-order chi connectivity index (χ1) is 9.76. The summed E-state index contributed by atoms with van der Waals surface area (Å²) in [7, 11) is 0. The molecule has 2 aliphatic rings. The third kappa shape index (κ3) is 4.47. The Morgan fingerprint density at radius 3 is 2.24 bits per heavy atom. The molecule has 2 atom stereocenters. The van der Waals surface area contributed by atoms with Gasteiger partial charge in [-0.3, -0.25) is 4.90 Å². The van der Waals surface area contributed by atoms with Crippen molar-refractivity contribution in [1.29, 1.82) is 0 Å². The Labute approximate surface area is 129 Å². The molecule has 0 bridgehead atoms. The summed E-state index contributed by atoms with van der Waals surface area (Å²) in [6.45, 7) is 15.5. The van der Waals surface area contributed by atoms with Crippen molar-refractivity contribution in [2.75, 3.05) is 26.2 Å². The van der Waals surface area contributed by atoms with Crippen molar-refractivity contribution < 1.29 is 9.53 Å². The van der Waals surface area contributed by atoms with Gasteiger partial charge >= 0.3 is 6.09 Å². The molecule has 0 aromatic carbocycles. The van der Waals surface area contributed by atoms with E-state index in [-0.39, 0.29) is 6.09 Å². The quantitative estimate of drug-likeness (QED) is 0.733. The number of ether oxygens (including phenoxy) is 1. The molecule has 0 aromatic rings. The molecule has 0 unspecified atom stereocenters. The zero-order valence-electron chi connectivity index (χ0n) is 14.0. The topological polar surface area (TPSA) is 32.8 Å². The summed E-state index contributed by atoms with van der Waals surface area (Å²) in [6.07, 6.45) is 3.60. The first-order valence-corrected chi connectivity index (χ1v) is 8.13. The highest BCUT2D eigenvalue weighted by atomic mass is 16.6. The molecular formula is C17H30N2O2. The lowest BCUT2D eigenvalue weighted by atomic mass is 10.0. The number of amides is 1. The van der Waals surface area contributed by atoms with Gasteiger partial charge in [0, 0.05) is 32.2 Å². The van der Waals surface area contributed by atoms with E-state index >= 15 is 0 Å². The number of nitrogens with zero attached hydrogens (tertiary/aromatic N) is 2. The number of piperazine rings is 1. The van der Waals surface area contributed by atoms with Crippen LogP contribution in [-0.4, -0.2) is 53.7 Å². The molecule has 4 heteroatoms. The highest BCUT2D eigenvalue weighted by Gasteiger charge is 2.33. The fourth-order valence-electron chi connectivity index (χ4n) is 3.33. The van der Waals surface area contributed by atoms with E-state index in [4.69, 9.17) is 4.74 Å². The smallest absolute Gasteiger partial charge is 0.410 e. The minimum atomic E-state index is -0.408. The van der Waals surface area contributed by atoms with Crippen molar-refractivity contribution in [3.05, 3.63) is 12.2 Å². The van der Waals surface area contributed by atoms with Crippen molar-refractivity contribution in [3.63, 3.8) is 0 Å². The molecule has 120 valence electrons. The van der Waals surface area contributed by atoms with Gasteiger partial charge in [0.2, 0.25) is 0 Å². The second-order valence-electron chi connectivity index (χ2n) is 7.51. The minimum absolute atomic E-state index is 0.173. The van der Waals surface area contributed by atoms with Gasteiger partial charge in [0.1, 0.15) is 5.60 Å². The van der Waals surface area contributed by atoms with Gasteiger partial charge in [-0.25, -0.2) is 4.79 Å². The lowest BCUT2D eigenvalue weighted by Gasteiger charge is -2.38. The Morgan fingerprint density at radius 2 is 1.76 bits per heavy atom. The molecule has 0 aromatic heterocycles. The number of rotatable bonds is 2. The maximum Gasteiger partial charge on any atom is 0.410 e. The predicted octanol–water partition coefficient (Wildman–Crippen LogP) is 3.28. The minimum Gasteiger partial charge on any atom is -0.444 e. The molecule has 2 rings (SSSR count). The van der Waals surface area contributed by atoms with Gasteiger partial charge in [-0.2, -0.15) is 0 Å². The normalized spacial score (nSPS) is 27.7. The second-order valence-corrected chi connectivity index (χ2v) is 7.51. The summed E-state index contributed by atoms with van der Waals surface area (Å²) in [5.41, 5.74) is 0.916. The molecule has 1 amide bonds. The highest BCUT2D eigenvalue weighted by Crippen LogP contribution is 2.33. The summed E-state index contributed by atoms with van der Waals surface area (Å²) < 4.78 is 5.44. The molecule has 0 spiro atoms. The molecule has 1 aliphatic heterocycles. The van der Waals surface area contributed by atoms with Gasteiger partial charge in [-0.15, -0.1) is 0 Å². The van der Waals surface area contributed by atoms with Crippen LogP contribution >= 0.6 is 0 Å². The van der Waals surface area contributed by atoms with Crippen LogP contribution < -0.4 is 0 Å². The van der Waals surface area contributed by atoms with Crippen LogP contribution in [0.2, 0.25) is 0 Å². The maximum absolute atomic E-state index is 12.1. The molecule has 21 heavy (non-hydrogen) atoms. The number of carbonyl (C=O) groups is 1. The number of hydrogen-bond acceptors (Lipinski definition) is 3. The van der Waals surface area contributed by atoms with Crippen LogP contribution in [0.4, 0.5) is 4.79 Å². The Balaban J connectivity index is 1.79. The second kappa shape index (κ2) is 6.39.